The van der Waals surface area contributed by atoms with Gasteiger partial charge in [0.1, 0.15) is 0 Å². The van der Waals surface area contributed by atoms with E-state index < -0.39 is 0 Å². The second kappa shape index (κ2) is 8.67. The summed E-state index contributed by atoms with van der Waals surface area (Å²) in [6.45, 7) is 9.34. The summed E-state index contributed by atoms with van der Waals surface area (Å²) in [5, 5.41) is 8.33. The minimum absolute atomic E-state index is 0.0672. The van der Waals surface area contributed by atoms with Crippen LogP contribution in [-0.2, 0) is 11.3 Å². The molecule has 0 aliphatic carbocycles. The molecule has 2 N–H and O–H groups in total. The minimum Gasteiger partial charge on any atom is -0.351 e. The highest BCUT2D eigenvalue weighted by Crippen LogP contribution is 2.22. The molecule has 0 unspecified atom stereocenters. The lowest BCUT2D eigenvalue weighted by Gasteiger charge is -2.17. The Labute approximate surface area is 152 Å². The second-order valence-electron chi connectivity index (χ2n) is 6.70. The van der Waals surface area contributed by atoms with Crippen molar-refractivity contribution in [2.24, 2.45) is 15.5 Å². The Morgan fingerprint density at radius 3 is 2.83 bits per heavy atom. The van der Waals surface area contributed by atoms with Crippen molar-refractivity contribution in [3.8, 4) is 0 Å². The fourth-order valence-corrected chi connectivity index (χ4v) is 3.74. The molecule has 1 aromatic rings. The Hall–Kier alpha value is -1.34. The van der Waals surface area contributed by atoms with Gasteiger partial charge in [-0.2, -0.15) is 5.10 Å². The van der Waals surface area contributed by atoms with Crippen molar-refractivity contribution in [3.05, 3.63) is 21.9 Å². The number of carbonyl (C=O) groups excluding carboxylic acids is 1. The fourth-order valence-electron chi connectivity index (χ4n) is 1.92. The number of hydrogen-bond acceptors (Lipinski definition) is 5. The minimum atomic E-state index is -0.360. The lowest BCUT2D eigenvalue weighted by molar-refractivity contribution is -0.128. The molecule has 2 heterocycles. The molecule has 1 aliphatic rings. The number of hydrazone groups is 1. The highest BCUT2D eigenvalue weighted by atomic mass is 32.2. The summed E-state index contributed by atoms with van der Waals surface area (Å²) in [7, 11) is 0. The summed E-state index contributed by atoms with van der Waals surface area (Å²) in [5.41, 5.74) is 3.72. The van der Waals surface area contributed by atoms with Gasteiger partial charge < -0.3 is 5.32 Å². The lowest BCUT2D eigenvalue weighted by atomic mass is 9.96. The molecule has 132 valence electrons. The van der Waals surface area contributed by atoms with Crippen LogP contribution in [0, 0.1) is 5.41 Å². The van der Waals surface area contributed by atoms with Gasteiger partial charge in [0.05, 0.1) is 17.1 Å². The van der Waals surface area contributed by atoms with E-state index in [0.717, 1.165) is 45.8 Å². The third-order valence-electron chi connectivity index (χ3n) is 3.45. The van der Waals surface area contributed by atoms with E-state index in [4.69, 9.17) is 0 Å². The molecule has 0 radical (unpaired) electrons. The van der Waals surface area contributed by atoms with E-state index >= 15 is 0 Å². The maximum Gasteiger partial charge on any atom is 0.225 e. The Balaban J connectivity index is 1.89. The van der Waals surface area contributed by atoms with E-state index in [1.54, 1.807) is 23.1 Å². The number of rotatable bonds is 6. The molecule has 0 saturated heterocycles. The molecule has 1 aliphatic heterocycles. The first kappa shape index (κ1) is 19.0. The highest BCUT2D eigenvalue weighted by Gasteiger charge is 2.21. The molecular formula is C17H26N4OS2. The number of carbonyl (C=O) groups is 1. The smallest absolute Gasteiger partial charge is 0.225 e. The first-order valence-electron chi connectivity index (χ1n) is 8.27. The van der Waals surface area contributed by atoms with Gasteiger partial charge in [-0.05, 0) is 18.6 Å². The molecule has 7 heteroatoms. The van der Waals surface area contributed by atoms with Crippen molar-refractivity contribution in [1.82, 2.24) is 10.7 Å². The molecule has 2 rings (SSSR count). The summed E-state index contributed by atoms with van der Waals surface area (Å²) in [5.74, 6) is 0.893. The summed E-state index contributed by atoms with van der Waals surface area (Å²) >= 11 is 3.37. The average molecular weight is 367 g/mol. The normalized spacial score (nSPS) is 16.7. The van der Waals surface area contributed by atoms with Crippen LogP contribution in [0.25, 0.3) is 0 Å². The number of thioether (sulfide) groups is 1. The molecule has 24 heavy (non-hydrogen) atoms. The van der Waals surface area contributed by atoms with Gasteiger partial charge in [-0.3, -0.25) is 15.2 Å². The number of amides is 1. The van der Waals surface area contributed by atoms with Gasteiger partial charge >= 0.3 is 0 Å². The molecule has 0 saturated carbocycles. The van der Waals surface area contributed by atoms with Crippen LogP contribution >= 0.6 is 23.1 Å². The number of hydrogen-bond donors (Lipinski definition) is 2. The molecule has 1 aromatic heterocycles. The zero-order valence-corrected chi connectivity index (χ0v) is 16.4. The van der Waals surface area contributed by atoms with Crippen LogP contribution in [0.4, 0.5) is 0 Å². The maximum absolute atomic E-state index is 11.9. The highest BCUT2D eigenvalue weighted by molar-refractivity contribution is 8.14. The Morgan fingerprint density at radius 1 is 1.42 bits per heavy atom. The number of unbranched alkanes of at least 4 members (excludes halogenated alkanes) is 1. The number of amidine groups is 1. The van der Waals surface area contributed by atoms with Crippen LogP contribution in [0.1, 0.15) is 50.3 Å². The molecule has 1 amide bonds. The van der Waals surface area contributed by atoms with E-state index in [2.05, 4.69) is 39.9 Å². The Bertz CT molecular complexity index is 629. The summed E-state index contributed by atoms with van der Waals surface area (Å²) in [4.78, 5) is 18.7. The van der Waals surface area contributed by atoms with Crippen LogP contribution < -0.4 is 10.7 Å². The fraction of sp³-hybridized carbons (Fsp3) is 0.588. The summed E-state index contributed by atoms with van der Waals surface area (Å²) in [6.07, 6.45) is 2.26. The largest absolute Gasteiger partial charge is 0.351 e. The van der Waals surface area contributed by atoms with Crippen LogP contribution in [0.15, 0.2) is 22.2 Å². The first-order valence-corrected chi connectivity index (χ1v) is 10.1. The van der Waals surface area contributed by atoms with Gasteiger partial charge in [-0.1, -0.05) is 45.9 Å². The predicted octanol–water partition coefficient (Wildman–Crippen LogP) is 3.61. The molecule has 0 atom stereocenters. The molecule has 0 aromatic carbocycles. The SMILES string of the molecule is CCCCN=C1NN=C(c2ccc(CNC(=O)C(C)(C)C)s2)CS1. The molecule has 0 spiro atoms. The first-order chi connectivity index (χ1) is 11.4. The van der Waals surface area contributed by atoms with E-state index in [0.29, 0.717) is 6.54 Å². The summed E-state index contributed by atoms with van der Waals surface area (Å²) in [6, 6.07) is 4.13. The van der Waals surface area contributed by atoms with Crippen molar-refractivity contribution in [1.29, 1.82) is 0 Å². The lowest BCUT2D eigenvalue weighted by Crippen LogP contribution is -2.34. The van der Waals surface area contributed by atoms with Crippen molar-refractivity contribution in [2.75, 3.05) is 12.3 Å². The van der Waals surface area contributed by atoms with E-state index in [9.17, 15) is 4.79 Å². The topological polar surface area (TPSA) is 65.8 Å². The van der Waals surface area contributed by atoms with Crippen molar-refractivity contribution in [2.45, 2.75) is 47.1 Å². The van der Waals surface area contributed by atoms with Crippen molar-refractivity contribution >= 4 is 39.9 Å². The molecular weight excluding hydrogens is 340 g/mol. The van der Waals surface area contributed by atoms with Crippen LogP contribution in [0.3, 0.4) is 0 Å². The molecule has 5 nitrogen and oxygen atoms in total. The van der Waals surface area contributed by atoms with Gasteiger partial charge in [0.2, 0.25) is 5.91 Å². The monoisotopic (exact) mass is 366 g/mol. The third-order valence-corrected chi connectivity index (χ3v) is 5.50. The van der Waals surface area contributed by atoms with Gasteiger partial charge in [0.25, 0.3) is 0 Å². The van der Waals surface area contributed by atoms with Gasteiger partial charge in [-0.25, -0.2) is 0 Å². The predicted molar refractivity (Wildman–Crippen MR) is 105 cm³/mol. The van der Waals surface area contributed by atoms with Gasteiger partial charge in [0.15, 0.2) is 5.17 Å². The summed E-state index contributed by atoms with van der Waals surface area (Å²) < 4.78 is 0. The third kappa shape index (κ3) is 5.63. The van der Waals surface area contributed by atoms with Crippen LogP contribution in [-0.4, -0.2) is 29.1 Å². The van der Waals surface area contributed by atoms with Gasteiger partial charge in [-0.15, -0.1) is 11.3 Å². The maximum atomic E-state index is 11.9. The second-order valence-corrected chi connectivity index (χ2v) is 8.83. The average Bonchev–Trinajstić information content (AvgIpc) is 3.01. The van der Waals surface area contributed by atoms with Crippen LogP contribution in [0.2, 0.25) is 0 Å². The molecule has 0 fully saturated rings. The van der Waals surface area contributed by atoms with Crippen molar-refractivity contribution in [3.63, 3.8) is 0 Å². The standard InChI is InChI=1S/C17H26N4OS2/c1-5-6-9-18-16-21-20-13(11-23-16)14-8-7-12(24-14)10-19-15(22)17(2,3)4/h7-8H,5-6,9-11H2,1-4H3,(H,18,21)(H,19,22). The van der Waals surface area contributed by atoms with Gasteiger partial charge in [0, 0.05) is 22.6 Å². The Kier molecular flexibility index (Phi) is 6.86. The zero-order chi connectivity index (χ0) is 17.6. The van der Waals surface area contributed by atoms with E-state index in [-0.39, 0.29) is 11.3 Å². The number of nitrogens with one attached hydrogen (secondary N) is 2. The van der Waals surface area contributed by atoms with E-state index in [1.165, 1.54) is 0 Å². The quantitative estimate of drug-likeness (QED) is 0.756. The molecule has 0 bridgehead atoms. The van der Waals surface area contributed by atoms with E-state index in [1.807, 2.05) is 20.8 Å². The van der Waals surface area contributed by atoms with Crippen LogP contribution in [0.5, 0.6) is 0 Å². The van der Waals surface area contributed by atoms with Crippen molar-refractivity contribution < 1.29 is 4.79 Å². The number of thiophene rings is 1. The zero-order valence-electron chi connectivity index (χ0n) is 14.8. The number of aliphatic imine (C=N–C) groups is 1. The Morgan fingerprint density at radius 2 is 2.21 bits per heavy atom. The number of nitrogens with zero attached hydrogens (tertiary/aromatic N) is 2.